The smallest absolute Gasteiger partial charge is 0.417 e. The van der Waals surface area contributed by atoms with Crippen LogP contribution in [0.1, 0.15) is 74.0 Å². The number of rotatable bonds is 11. The number of cyclic esters (lactones) is 1. The van der Waals surface area contributed by atoms with Crippen molar-refractivity contribution in [1.29, 1.82) is 0 Å². The van der Waals surface area contributed by atoms with Gasteiger partial charge in [0.2, 0.25) is 0 Å². The Balaban J connectivity index is 2.06. The summed E-state index contributed by atoms with van der Waals surface area (Å²) in [6.45, 7) is 5.71. The Morgan fingerprint density at radius 3 is 1.93 bits per heavy atom. The molecule has 1 unspecified atom stereocenters. The van der Waals surface area contributed by atoms with Crippen molar-refractivity contribution in [3.63, 3.8) is 0 Å². The molecule has 246 valence electrons. The highest BCUT2D eigenvalue weighted by molar-refractivity contribution is 5.71. The second kappa shape index (κ2) is 13.4. The zero-order valence-corrected chi connectivity index (χ0v) is 24.9. The summed E-state index contributed by atoms with van der Waals surface area (Å²) >= 11 is 0. The summed E-state index contributed by atoms with van der Waals surface area (Å²) in [5.41, 5.74) is -4.76. The van der Waals surface area contributed by atoms with Crippen LogP contribution in [0.2, 0.25) is 0 Å². The lowest BCUT2D eigenvalue weighted by Gasteiger charge is -2.35. The Hall–Kier alpha value is -3.23. The maximum absolute atomic E-state index is 13.7. The Labute approximate surface area is 249 Å². The first-order valence-corrected chi connectivity index (χ1v) is 14.0. The molecule has 0 saturated carbocycles. The Morgan fingerprint density at radius 1 is 0.886 bits per heavy atom. The number of carbonyl (C=O) groups is 1. The molecule has 1 saturated heterocycles. The van der Waals surface area contributed by atoms with Crippen molar-refractivity contribution in [3.05, 3.63) is 58.3 Å². The van der Waals surface area contributed by atoms with Crippen LogP contribution in [0.3, 0.4) is 0 Å². The molecule has 1 amide bonds. The van der Waals surface area contributed by atoms with Gasteiger partial charge in [0.05, 0.1) is 29.3 Å². The molecule has 0 aliphatic carbocycles. The van der Waals surface area contributed by atoms with Gasteiger partial charge < -0.3 is 14.5 Å². The minimum atomic E-state index is -5.12. The molecule has 3 atom stereocenters. The molecule has 1 aromatic heterocycles. The lowest BCUT2D eigenvalue weighted by Crippen LogP contribution is -2.39. The van der Waals surface area contributed by atoms with E-state index in [4.69, 9.17) is 4.74 Å². The van der Waals surface area contributed by atoms with E-state index in [2.05, 4.69) is 4.98 Å². The van der Waals surface area contributed by atoms with Crippen molar-refractivity contribution in [2.75, 3.05) is 32.1 Å². The zero-order chi connectivity index (χ0) is 33.2. The van der Waals surface area contributed by atoms with Gasteiger partial charge in [0.1, 0.15) is 11.9 Å². The average molecular weight is 643 g/mol. The predicted octanol–water partition coefficient (Wildman–Crippen LogP) is 8.17. The Bertz CT molecular complexity index is 1260. The monoisotopic (exact) mass is 642 g/mol. The van der Waals surface area contributed by atoms with Crippen LogP contribution < -0.4 is 4.90 Å². The van der Waals surface area contributed by atoms with Crippen LogP contribution in [0.4, 0.5) is 50.1 Å². The van der Waals surface area contributed by atoms with Crippen molar-refractivity contribution in [1.82, 2.24) is 14.8 Å². The first kappa shape index (κ1) is 35.3. The number of benzene rings is 1. The molecule has 0 spiro atoms. The van der Waals surface area contributed by atoms with Gasteiger partial charge >= 0.3 is 24.6 Å². The maximum Gasteiger partial charge on any atom is 0.417 e. The summed E-state index contributed by atoms with van der Waals surface area (Å²) in [6, 6.07) is 0.527. The third kappa shape index (κ3) is 8.27. The standard InChI is InChI=1S/C29H35F9N4O2/c1-6-8-23(9-10-40(4)5)41(7-2)25-19(13-22(15-39-25)29(36,37)38)16-42-17(3)24(44-26(42)43)18-11-20(27(30,31)32)14-21(12-18)28(33,34)35/h11-15,17,23-24H,6-10,16H2,1-5H3/t17-,23?,24-/m0/s1. The van der Waals surface area contributed by atoms with Gasteiger partial charge in [-0.1, -0.05) is 13.3 Å². The summed E-state index contributed by atoms with van der Waals surface area (Å²) in [7, 11) is 3.78. The second-order valence-electron chi connectivity index (χ2n) is 11.0. The summed E-state index contributed by atoms with van der Waals surface area (Å²) in [5.74, 6) is 0.194. The molecule has 1 aliphatic heterocycles. The van der Waals surface area contributed by atoms with Crippen LogP contribution >= 0.6 is 0 Å². The Kier molecular flexibility index (Phi) is 10.7. The molecular formula is C29H35F9N4O2. The largest absolute Gasteiger partial charge is 0.439 e. The van der Waals surface area contributed by atoms with Gasteiger partial charge in [-0.15, -0.1) is 0 Å². The van der Waals surface area contributed by atoms with Crippen LogP contribution in [0.5, 0.6) is 0 Å². The fraction of sp³-hybridized carbons (Fsp3) is 0.586. The van der Waals surface area contributed by atoms with Crippen molar-refractivity contribution < 1.29 is 49.0 Å². The fourth-order valence-corrected chi connectivity index (χ4v) is 5.30. The van der Waals surface area contributed by atoms with Crippen LogP contribution in [0.15, 0.2) is 30.5 Å². The molecular weight excluding hydrogens is 607 g/mol. The molecule has 0 bridgehead atoms. The van der Waals surface area contributed by atoms with E-state index in [1.807, 2.05) is 37.7 Å². The van der Waals surface area contributed by atoms with Crippen molar-refractivity contribution in [2.24, 2.45) is 0 Å². The number of anilines is 1. The SMILES string of the molecule is CCCC(CCN(C)C)N(CC)c1ncc(C(F)(F)F)cc1CN1C(=O)O[C@H](c2cc(C(F)(F)F)cc(C(F)(F)F)c2)[C@@H]1C. The fourth-order valence-electron chi connectivity index (χ4n) is 5.30. The molecule has 6 nitrogen and oxygen atoms in total. The maximum atomic E-state index is 13.7. The van der Waals surface area contributed by atoms with Crippen LogP contribution in [-0.2, 0) is 29.8 Å². The first-order chi connectivity index (χ1) is 20.3. The topological polar surface area (TPSA) is 48.9 Å². The lowest BCUT2D eigenvalue weighted by molar-refractivity contribution is -0.143. The summed E-state index contributed by atoms with van der Waals surface area (Å²) in [4.78, 5) is 21.9. The van der Waals surface area contributed by atoms with Gasteiger partial charge in [0.15, 0.2) is 0 Å². The van der Waals surface area contributed by atoms with E-state index in [9.17, 15) is 44.3 Å². The molecule has 2 heterocycles. The van der Waals surface area contributed by atoms with Gasteiger partial charge in [-0.25, -0.2) is 9.78 Å². The highest BCUT2D eigenvalue weighted by atomic mass is 19.4. The number of aromatic nitrogens is 1. The normalized spacial score (nSPS) is 18.6. The third-order valence-corrected chi connectivity index (χ3v) is 7.53. The van der Waals surface area contributed by atoms with Crippen LogP contribution in [0, 0.1) is 0 Å². The summed E-state index contributed by atoms with van der Waals surface area (Å²) < 4.78 is 127. The molecule has 44 heavy (non-hydrogen) atoms. The van der Waals surface area contributed by atoms with Gasteiger partial charge in [0, 0.05) is 24.3 Å². The molecule has 3 rings (SSSR count). The number of halogens is 9. The number of amides is 1. The average Bonchev–Trinajstić information content (AvgIpc) is 3.19. The molecule has 2 aromatic rings. The number of pyridine rings is 1. The zero-order valence-electron chi connectivity index (χ0n) is 24.9. The molecule has 0 radical (unpaired) electrons. The van der Waals surface area contributed by atoms with Crippen molar-refractivity contribution in [2.45, 2.75) is 83.3 Å². The quantitative estimate of drug-likeness (QED) is 0.232. The van der Waals surface area contributed by atoms with E-state index in [-0.39, 0.29) is 23.5 Å². The molecule has 15 heteroatoms. The summed E-state index contributed by atoms with van der Waals surface area (Å²) in [6.07, 6.45) is -14.8. The van der Waals surface area contributed by atoms with Crippen molar-refractivity contribution in [3.8, 4) is 0 Å². The van der Waals surface area contributed by atoms with E-state index in [0.717, 1.165) is 17.4 Å². The highest BCUT2D eigenvalue weighted by Crippen LogP contribution is 2.42. The minimum Gasteiger partial charge on any atom is -0.439 e. The molecule has 1 aliphatic rings. The van der Waals surface area contributed by atoms with E-state index < -0.39 is 65.6 Å². The third-order valence-electron chi connectivity index (χ3n) is 7.53. The summed E-state index contributed by atoms with van der Waals surface area (Å²) in [5, 5.41) is 0. The van der Waals surface area contributed by atoms with Crippen LogP contribution in [-0.4, -0.2) is 60.1 Å². The molecule has 1 fully saturated rings. The van der Waals surface area contributed by atoms with E-state index in [1.54, 1.807) is 0 Å². The van der Waals surface area contributed by atoms with E-state index >= 15 is 0 Å². The highest BCUT2D eigenvalue weighted by Gasteiger charge is 2.44. The van der Waals surface area contributed by atoms with Gasteiger partial charge in [-0.05, 0) is 77.2 Å². The predicted molar refractivity (Wildman–Crippen MR) is 145 cm³/mol. The number of alkyl halides is 9. The Morgan fingerprint density at radius 2 is 1.45 bits per heavy atom. The minimum absolute atomic E-state index is 0.0112. The van der Waals surface area contributed by atoms with Gasteiger partial charge in [-0.2, -0.15) is 39.5 Å². The van der Waals surface area contributed by atoms with Gasteiger partial charge in [0.25, 0.3) is 0 Å². The second-order valence-corrected chi connectivity index (χ2v) is 11.0. The number of nitrogens with zero attached hydrogens (tertiary/aromatic N) is 4. The van der Waals surface area contributed by atoms with E-state index in [1.165, 1.54) is 6.92 Å². The number of carbonyl (C=O) groups excluding carboxylic acids is 1. The molecule has 0 N–H and O–H groups in total. The number of hydrogen-bond acceptors (Lipinski definition) is 5. The lowest BCUT2D eigenvalue weighted by atomic mass is 9.97. The van der Waals surface area contributed by atoms with Gasteiger partial charge in [-0.3, -0.25) is 4.90 Å². The van der Waals surface area contributed by atoms with E-state index in [0.29, 0.717) is 44.3 Å². The molecule has 1 aromatic carbocycles. The first-order valence-electron chi connectivity index (χ1n) is 14.0. The number of ether oxygens (including phenoxy) is 1. The van der Waals surface area contributed by atoms with Crippen molar-refractivity contribution >= 4 is 11.9 Å². The number of hydrogen-bond donors (Lipinski definition) is 0. The van der Waals surface area contributed by atoms with Crippen LogP contribution in [0.25, 0.3) is 0 Å².